The number of aromatic nitrogens is 1. The third-order valence-electron chi connectivity index (χ3n) is 3.80. The molecule has 2 heterocycles. The molecule has 0 aliphatic carbocycles. The Morgan fingerprint density at radius 3 is 2.89 bits per heavy atom. The molecule has 0 unspecified atom stereocenters. The van der Waals surface area contributed by atoms with E-state index in [0.29, 0.717) is 5.92 Å². The van der Waals surface area contributed by atoms with E-state index in [0.717, 1.165) is 36.0 Å². The van der Waals surface area contributed by atoms with Crippen LogP contribution in [0, 0.1) is 5.92 Å². The Balaban J connectivity index is 1.81. The maximum atomic E-state index is 5.74. The Morgan fingerprint density at radius 1 is 1.42 bits per heavy atom. The zero-order chi connectivity index (χ0) is 13.2. The molecular formula is C14H19N3OS. The van der Waals surface area contributed by atoms with Crippen molar-refractivity contribution in [1.29, 1.82) is 0 Å². The maximum absolute atomic E-state index is 5.74. The summed E-state index contributed by atoms with van der Waals surface area (Å²) in [6.07, 6.45) is 2.35. The molecule has 2 aromatic rings. The molecule has 1 aliphatic heterocycles. The first-order chi connectivity index (χ1) is 9.30. The third kappa shape index (κ3) is 2.53. The quantitative estimate of drug-likeness (QED) is 0.936. The Morgan fingerprint density at radius 2 is 2.21 bits per heavy atom. The van der Waals surface area contributed by atoms with Gasteiger partial charge in [0, 0.05) is 13.1 Å². The highest BCUT2D eigenvalue weighted by molar-refractivity contribution is 7.22. The predicted octanol–water partition coefficient (Wildman–Crippen LogP) is 2.48. The minimum atomic E-state index is 0.686. The molecular weight excluding hydrogens is 258 g/mol. The van der Waals surface area contributed by atoms with Gasteiger partial charge in [0.05, 0.1) is 17.3 Å². The standard InChI is InChI=1S/C14H19N3OS/c1-18-11-2-3-12-13(8-11)19-14(16-12)17-6-4-10(9-15)5-7-17/h2-3,8,10H,4-7,9,15H2,1H3. The van der Waals surface area contributed by atoms with Crippen molar-refractivity contribution < 1.29 is 4.74 Å². The van der Waals surface area contributed by atoms with E-state index in [1.54, 1.807) is 18.4 Å². The van der Waals surface area contributed by atoms with Gasteiger partial charge >= 0.3 is 0 Å². The second-order valence-electron chi connectivity index (χ2n) is 5.00. The van der Waals surface area contributed by atoms with Crippen molar-refractivity contribution in [2.24, 2.45) is 11.7 Å². The largest absolute Gasteiger partial charge is 0.497 e. The Hall–Kier alpha value is -1.33. The van der Waals surface area contributed by atoms with Crippen molar-refractivity contribution in [3.8, 4) is 5.75 Å². The molecule has 1 saturated heterocycles. The topological polar surface area (TPSA) is 51.4 Å². The summed E-state index contributed by atoms with van der Waals surface area (Å²) < 4.78 is 6.45. The lowest BCUT2D eigenvalue weighted by molar-refractivity contribution is 0.414. The maximum Gasteiger partial charge on any atom is 0.186 e. The highest BCUT2D eigenvalue weighted by Crippen LogP contribution is 2.33. The normalized spacial score (nSPS) is 17.1. The molecule has 0 bridgehead atoms. The number of fused-ring (bicyclic) bond motifs is 1. The molecule has 1 aromatic heterocycles. The SMILES string of the molecule is COc1ccc2nc(N3CCC(CN)CC3)sc2c1. The lowest BCUT2D eigenvalue weighted by Gasteiger charge is -2.30. The van der Waals surface area contributed by atoms with Gasteiger partial charge in [0.25, 0.3) is 0 Å². The highest BCUT2D eigenvalue weighted by Gasteiger charge is 2.20. The van der Waals surface area contributed by atoms with Crippen molar-refractivity contribution >= 4 is 26.7 Å². The predicted molar refractivity (Wildman–Crippen MR) is 80.2 cm³/mol. The van der Waals surface area contributed by atoms with Gasteiger partial charge in [-0.05, 0) is 43.5 Å². The monoisotopic (exact) mass is 277 g/mol. The third-order valence-corrected chi connectivity index (χ3v) is 4.88. The van der Waals surface area contributed by atoms with Crippen LogP contribution in [0.2, 0.25) is 0 Å². The molecule has 3 rings (SSSR count). The lowest BCUT2D eigenvalue weighted by atomic mass is 9.98. The first-order valence-electron chi connectivity index (χ1n) is 6.69. The van der Waals surface area contributed by atoms with Crippen LogP contribution in [-0.2, 0) is 0 Å². The Kier molecular flexibility index (Phi) is 3.57. The summed E-state index contributed by atoms with van der Waals surface area (Å²) in [5.41, 5.74) is 6.79. The van der Waals surface area contributed by atoms with Crippen LogP contribution >= 0.6 is 11.3 Å². The number of hydrogen-bond donors (Lipinski definition) is 1. The summed E-state index contributed by atoms with van der Waals surface area (Å²) in [7, 11) is 1.70. The van der Waals surface area contributed by atoms with Crippen LogP contribution in [0.25, 0.3) is 10.2 Å². The summed E-state index contributed by atoms with van der Waals surface area (Å²) in [6.45, 7) is 2.95. The molecule has 1 aliphatic rings. The summed E-state index contributed by atoms with van der Waals surface area (Å²) in [5.74, 6) is 1.58. The van der Waals surface area contributed by atoms with E-state index in [1.807, 2.05) is 12.1 Å². The first-order valence-corrected chi connectivity index (χ1v) is 7.51. The van der Waals surface area contributed by atoms with Crippen molar-refractivity contribution in [1.82, 2.24) is 4.98 Å². The Bertz CT molecular complexity index is 561. The number of rotatable bonds is 3. The summed E-state index contributed by atoms with van der Waals surface area (Å²) in [6, 6.07) is 6.05. The van der Waals surface area contributed by atoms with Crippen LogP contribution in [0.5, 0.6) is 5.75 Å². The number of benzene rings is 1. The molecule has 4 nitrogen and oxygen atoms in total. The van der Waals surface area contributed by atoms with E-state index in [9.17, 15) is 0 Å². The second kappa shape index (κ2) is 5.35. The fourth-order valence-corrected chi connectivity index (χ4v) is 3.56. The van der Waals surface area contributed by atoms with Crippen molar-refractivity contribution in [3.63, 3.8) is 0 Å². The van der Waals surface area contributed by atoms with E-state index < -0.39 is 0 Å². The van der Waals surface area contributed by atoms with Crippen LogP contribution in [-0.4, -0.2) is 31.7 Å². The number of nitrogens with two attached hydrogens (primary N) is 1. The van der Waals surface area contributed by atoms with Gasteiger partial charge < -0.3 is 15.4 Å². The number of methoxy groups -OCH3 is 1. The zero-order valence-corrected chi connectivity index (χ0v) is 11.9. The smallest absolute Gasteiger partial charge is 0.186 e. The minimum Gasteiger partial charge on any atom is -0.497 e. The summed E-state index contributed by atoms with van der Waals surface area (Å²) in [5, 5.41) is 1.12. The molecule has 0 atom stereocenters. The average Bonchev–Trinajstić information content (AvgIpc) is 2.90. The minimum absolute atomic E-state index is 0.686. The second-order valence-corrected chi connectivity index (χ2v) is 6.01. The van der Waals surface area contributed by atoms with Crippen LogP contribution in [0.15, 0.2) is 18.2 Å². The fraction of sp³-hybridized carbons (Fsp3) is 0.500. The molecule has 0 saturated carbocycles. The molecule has 102 valence electrons. The van der Waals surface area contributed by atoms with Gasteiger partial charge in [0.15, 0.2) is 5.13 Å². The summed E-state index contributed by atoms with van der Waals surface area (Å²) in [4.78, 5) is 7.10. The number of anilines is 1. The lowest BCUT2D eigenvalue weighted by Crippen LogP contribution is -2.35. The molecule has 2 N–H and O–H groups in total. The zero-order valence-electron chi connectivity index (χ0n) is 11.1. The summed E-state index contributed by atoms with van der Waals surface area (Å²) >= 11 is 1.75. The fourth-order valence-electron chi connectivity index (χ4n) is 2.51. The van der Waals surface area contributed by atoms with Crippen molar-refractivity contribution in [2.45, 2.75) is 12.8 Å². The van der Waals surface area contributed by atoms with E-state index >= 15 is 0 Å². The van der Waals surface area contributed by atoms with Crippen molar-refractivity contribution in [3.05, 3.63) is 18.2 Å². The van der Waals surface area contributed by atoms with Gasteiger partial charge in [0.1, 0.15) is 5.75 Å². The number of piperidine rings is 1. The van der Waals surface area contributed by atoms with Gasteiger partial charge in [-0.2, -0.15) is 0 Å². The Labute approximate surface area is 117 Å². The number of hydrogen-bond acceptors (Lipinski definition) is 5. The van der Waals surface area contributed by atoms with E-state index in [-0.39, 0.29) is 0 Å². The van der Waals surface area contributed by atoms with Crippen molar-refractivity contribution in [2.75, 3.05) is 31.6 Å². The molecule has 0 spiro atoms. The molecule has 1 fully saturated rings. The molecule has 19 heavy (non-hydrogen) atoms. The van der Waals surface area contributed by atoms with Gasteiger partial charge in [-0.15, -0.1) is 0 Å². The van der Waals surface area contributed by atoms with E-state index in [2.05, 4.69) is 11.0 Å². The molecule has 1 aromatic carbocycles. The highest BCUT2D eigenvalue weighted by atomic mass is 32.1. The number of ether oxygens (including phenoxy) is 1. The van der Waals surface area contributed by atoms with Gasteiger partial charge in [-0.1, -0.05) is 11.3 Å². The van der Waals surface area contributed by atoms with Gasteiger partial charge in [0.2, 0.25) is 0 Å². The number of thiazole rings is 1. The molecule has 0 amide bonds. The number of nitrogens with zero attached hydrogens (tertiary/aromatic N) is 2. The molecule has 5 heteroatoms. The van der Waals surface area contributed by atoms with Crippen LogP contribution in [0.1, 0.15) is 12.8 Å². The average molecular weight is 277 g/mol. The van der Waals surface area contributed by atoms with Gasteiger partial charge in [-0.3, -0.25) is 0 Å². The molecule has 0 radical (unpaired) electrons. The first kappa shape index (κ1) is 12.7. The van der Waals surface area contributed by atoms with Crippen LogP contribution in [0.4, 0.5) is 5.13 Å². The van der Waals surface area contributed by atoms with E-state index in [4.69, 9.17) is 15.5 Å². The van der Waals surface area contributed by atoms with Crippen LogP contribution in [0.3, 0.4) is 0 Å². The van der Waals surface area contributed by atoms with Crippen LogP contribution < -0.4 is 15.4 Å². The van der Waals surface area contributed by atoms with Gasteiger partial charge in [-0.25, -0.2) is 4.98 Å². The van der Waals surface area contributed by atoms with E-state index in [1.165, 1.54) is 17.5 Å².